The molecule has 164 valence electrons. The van der Waals surface area contributed by atoms with Gasteiger partial charge in [0.2, 0.25) is 0 Å². The lowest BCUT2D eigenvalue weighted by Crippen LogP contribution is -2.47. The molecular weight excluding hydrogens is 395 g/mol. The lowest BCUT2D eigenvalue weighted by Gasteiger charge is -2.36. The van der Waals surface area contributed by atoms with E-state index in [1.165, 1.54) is 12.1 Å². The highest BCUT2D eigenvalue weighted by Gasteiger charge is 2.31. The number of anilines is 1. The number of imidazole rings is 1. The first-order chi connectivity index (χ1) is 14.2. The molecule has 0 unspecified atom stereocenters. The van der Waals surface area contributed by atoms with E-state index in [1.54, 1.807) is 12.3 Å². The van der Waals surface area contributed by atoms with Crippen LogP contribution in [0.4, 0.5) is 18.9 Å². The Labute approximate surface area is 174 Å². The summed E-state index contributed by atoms with van der Waals surface area (Å²) in [6.45, 7) is 8.32. The number of nitrogens with zero attached hydrogens (tertiary/aromatic N) is 3. The van der Waals surface area contributed by atoms with Crippen LogP contribution in [0.15, 0.2) is 30.5 Å². The molecule has 3 rings (SSSR count). The fourth-order valence-electron chi connectivity index (χ4n) is 3.45. The summed E-state index contributed by atoms with van der Waals surface area (Å²) in [5, 5.41) is 2.89. The molecule has 2 aromatic rings. The molecule has 1 aromatic heterocycles. The molecule has 1 saturated heterocycles. The summed E-state index contributed by atoms with van der Waals surface area (Å²) in [7, 11) is 0. The van der Waals surface area contributed by atoms with Crippen LogP contribution in [0, 0.1) is 0 Å². The zero-order chi connectivity index (χ0) is 21.7. The van der Waals surface area contributed by atoms with Gasteiger partial charge in [-0.05, 0) is 31.2 Å². The predicted octanol–water partition coefficient (Wildman–Crippen LogP) is 3.49. The number of rotatable bonds is 7. The number of hydrogen-bond donors (Lipinski definition) is 2. The molecule has 1 aliphatic rings. The minimum absolute atomic E-state index is 0.163. The number of nitrogens with one attached hydrogen (secondary N) is 2. The summed E-state index contributed by atoms with van der Waals surface area (Å²) in [5.74, 6) is 0.865. The third kappa shape index (κ3) is 5.75. The monoisotopic (exact) mass is 423 g/mol. The normalized spacial score (nSPS) is 15.6. The SMILES string of the molecule is CC(C)c1ncc(C(=O)NCCCN2CCN(c3cccc(C(F)(F)F)c3)CC2)[nH]1. The van der Waals surface area contributed by atoms with Crippen LogP contribution >= 0.6 is 0 Å². The van der Waals surface area contributed by atoms with Crippen molar-refractivity contribution < 1.29 is 18.0 Å². The lowest BCUT2D eigenvalue weighted by molar-refractivity contribution is -0.137. The Morgan fingerprint density at radius 1 is 1.23 bits per heavy atom. The second kappa shape index (κ2) is 9.51. The first kappa shape index (κ1) is 22.1. The van der Waals surface area contributed by atoms with Crippen molar-refractivity contribution in [2.24, 2.45) is 0 Å². The van der Waals surface area contributed by atoms with E-state index in [9.17, 15) is 18.0 Å². The summed E-state index contributed by atoms with van der Waals surface area (Å²) >= 11 is 0. The quantitative estimate of drug-likeness (QED) is 0.670. The van der Waals surface area contributed by atoms with E-state index in [4.69, 9.17) is 0 Å². The van der Waals surface area contributed by atoms with Crippen molar-refractivity contribution in [3.05, 3.63) is 47.5 Å². The van der Waals surface area contributed by atoms with Crippen LogP contribution in [0.2, 0.25) is 0 Å². The third-order valence-corrected chi connectivity index (χ3v) is 5.23. The number of carbonyl (C=O) groups excluding carboxylic acids is 1. The second-order valence-corrected chi connectivity index (χ2v) is 7.82. The Morgan fingerprint density at radius 2 is 1.97 bits per heavy atom. The number of H-pyrrole nitrogens is 1. The molecule has 1 fully saturated rings. The zero-order valence-corrected chi connectivity index (χ0v) is 17.3. The van der Waals surface area contributed by atoms with E-state index in [-0.39, 0.29) is 11.8 Å². The van der Waals surface area contributed by atoms with Gasteiger partial charge in [0.1, 0.15) is 11.5 Å². The number of piperazine rings is 1. The molecule has 1 aliphatic heterocycles. The summed E-state index contributed by atoms with van der Waals surface area (Å²) in [6, 6.07) is 5.49. The van der Waals surface area contributed by atoms with Gasteiger partial charge in [-0.25, -0.2) is 4.98 Å². The van der Waals surface area contributed by atoms with Crippen molar-refractivity contribution in [3.63, 3.8) is 0 Å². The number of carbonyl (C=O) groups is 1. The van der Waals surface area contributed by atoms with Crippen LogP contribution < -0.4 is 10.2 Å². The van der Waals surface area contributed by atoms with Crippen molar-refractivity contribution >= 4 is 11.6 Å². The van der Waals surface area contributed by atoms with Crippen LogP contribution in [-0.4, -0.2) is 60.0 Å². The maximum absolute atomic E-state index is 12.9. The molecule has 9 heteroatoms. The van der Waals surface area contributed by atoms with E-state index < -0.39 is 11.7 Å². The van der Waals surface area contributed by atoms with Crippen molar-refractivity contribution in [1.29, 1.82) is 0 Å². The largest absolute Gasteiger partial charge is 0.416 e. The topological polar surface area (TPSA) is 64.3 Å². The average Bonchev–Trinajstić information content (AvgIpc) is 3.22. The van der Waals surface area contributed by atoms with E-state index in [0.29, 0.717) is 31.0 Å². The number of aromatic nitrogens is 2. The molecule has 0 aliphatic carbocycles. The van der Waals surface area contributed by atoms with E-state index in [2.05, 4.69) is 20.2 Å². The van der Waals surface area contributed by atoms with Gasteiger partial charge < -0.3 is 15.2 Å². The van der Waals surface area contributed by atoms with Crippen molar-refractivity contribution in [2.45, 2.75) is 32.4 Å². The van der Waals surface area contributed by atoms with Gasteiger partial charge in [-0.1, -0.05) is 19.9 Å². The van der Waals surface area contributed by atoms with Crippen LogP contribution in [0.5, 0.6) is 0 Å². The smallest absolute Gasteiger partial charge is 0.369 e. The first-order valence-corrected chi connectivity index (χ1v) is 10.2. The molecule has 6 nitrogen and oxygen atoms in total. The number of halogens is 3. The number of amides is 1. The third-order valence-electron chi connectivity index (χ3n) is 5.23. The van der Waals surface area contributed by atoms with Gasteiger partial charge in [0.25, 0.3) is 5.91 Å². The highest BCUT2D eigenvalue weighted by molar-refractivity contribution is 5.92. The molecule has 2 heterocycles. The maximum Gasteiger partial charge on any atom is 0.416 e. The standard InChI is InChI=1S/C21H28F3N5O/c1-15(2)19-26-14-18(27-19)20(30)25-7-4-8-28-9-11-29(12-10-28)17-6-3-5-16(13-17)21(22,23)24/h3,5-6,13-15H,4,7-12H2,1-2H3,(H,25,30)(H,26,27). The molecule has 30 heavy (non-hydrogen) atoms. The molecule has 0 radical (unpaired) electrons. The number of benzene rings is 1. The fraction of sp³-hybridized carbons (Fsp3) is 0.524. The van der Waals surface area contributed by atoms with Crippen LogP contribution in [0.3, 0.4) is 0 Å². The van der Waals surface area contributed by atoms with Gasteiger partial charge in [-0.15, -0.1) is 0 Å². The predicted molar refractivity (Wildman–Crippen MR) is 110 cm³/mol. The highest BCUT2D eigenvalue weighted by atomic mass is 19.4. The second-order valence-electron chi connectivity index (χ2n) is 7.82. The Hall–Kier alpha value is -2.55. The van der Waals surface area contributed by atoms with Gasteiger partial charge in [-0.2, -0.15) is 13.2 Å². The molecule has 0 spiro atoms. The Kier molecular flexibility index (Phi) is 7.02. The van der Waals surface area contributed by atoms with Crippen LogP contribution in [-0.2, 0) is 6.18 Å². The molecule has 2 N–H and O–H groups in total. The van der Waals surface area contributed by atoms with Gasteiger partial charge in [-0.3, -0.25) is 9.69 Å². The molecule has 1 amide bonds. The minimum atomic E-state index is -4.32. The van der Waals surface area contributed by atoms with Crippen molar-refractivity contribution in [1.82, 2.24) is 20.2 Å². The summed E-state index contributed by atoms with van der Waals surface area (Å²) in [6.07, 6.45) is -1.97. The molecule has 1 aromatic carbocycles. The Morgan fingerprint density at radius 3 is 2.60 bits per heavy atom. The molecule has 0 atom stereocenters. The number of alkyl halides is 3. The van der Waals surface area contributed by atoms with Gasteiger partial charge in [0.05, 0.1) is 11.8 Å². The number of hydrogen-bond acceptors (Lipinski definition) is 4. The molecular formula is C21H28F3N5O. The maximum atomic E-state index is 12.9. The molecule has 0 saturated carbocycles. The van der Waals surface area contributed by atoms with Gasteiger partial charge >= 0.3 is 6.18 Å². The fourth-order valence-corrected chi connectivity index (χ4v) is 3.45. The van der Waals surface area contributed by atoms with Gasteiger partial charge in [0, 0.05) is 44.3 Å². The van der Waals surface area contributed by atoms with E-state index >= 15 is 0 Å². The first-order valence-electron chi connectivity index (χ1n) is 10.2. The van der Waals surface area contributed by atoms with E-state index in [1.807, 2.05) is 18.7 Å². The Bertz CT molecular complexity index is 841. The van der Waals surface area contributed by atoms with E-state index in [0.717, 1.165) is 37.9 Å². The average molecular weight is 423 g/mol. The van der Waals surface area contributed by atoms with Gasteiger partial charge in [0.15, 0.2) is 0 Å². The van der Waals surface area contributed by atoms with Crippen molar-refractivity contribution in [2.75, 3.05) is 44.2 Å². The van der Waals surface area contributed by atoms with Crippen molar-refractivity contribution in [3.8, 4) is 0 Å². The summed E-state index contributed by atoms with van der Waals surface area (Å²) < 4.78 is 38.7. The lowest BCUT2D eigenvalue weighted by atomic mass is 10.1. The Balaban J connectivity index is 1.38. The highest BCUT2D eigenvalue weighted by Crippen LogP contribution is 2.31. The minimum Gasteiger partial charge on any atom is -0.369 e. The summed E-state index contributed by atoms with van der Waals surface area (Å²) in [5.41, 5.74) is 0.460. The van der Waals surface area contributed by atoms with Crippen LogP contribution in [0.25, 0.3) is 0 Å². The van der Waals surface area contributed by atoms with Crippen LogP contribution in [0.1, 0.15) is 48.1 Å². The summed E-state index contributed by atoms with van der Waals surface area (Å²) in [4.78, 5) is 23.6. The molecule has 0 bridgehead atoms. The zero-order valence-electron chi connectivity index (χ0n) is 17.3. The number of aromatic amines is 1.